The standard InChI is InChI=1S/C12H13ClN4O/c1-7-9(6-15-17(7)2)12(18)16-11-5-8(14)3-4-10(11)13/h3-6H,14H2,1-2H3,(H,16,18). The van der Waals surface area contributed by atoms with E-state index in [-0.39, 0.29) is 5.91 Å². The summed E-state index contributed by atoms with van der Waals surface area (Å²) in [7, 11) is 1.78. The number of carbonyl (C=O) groups is 1. The van der Waals surface area contributed by atoms with Gasteiger partial charge in [0, 0.05) is 18.4 Å². The van der Waals surface area contributed by atoms with Gasteiger partial charge in [-0.05, 0) is 25.1 Å². The molecule has 0 unspecified atom stereocenters. The highest BCUT2D eigenvalue weighted by Gasteiger charge is 2.14. The first-order valence-electron chi connectivity index (χ1n) is 5.34. The Bertz CT molecular complexity index is 606. The number of benzene rings is 1. The third-order valence-electron chi connectivity index (χ3n) is 2.72. The zero-order chi connectivity index (χ0) is 13.3. The number of hydrogen-bond acceptors (Lipinski definition) is 3. The lowest BCUT2D eigenvalue weighted by Crippen LogP contribution is -2.13. The second-order valence-electron chi connectivity index (χ2n) is 3.96. The Morgan fingerprint density at radius 1 is 1.50 bits per heavy atom. The van der Waals surface area contributed by atoms with E-state index in [2.05, 4.69) is 10.4 Å². The van der Waals surface area contributed by atoms with E-state index in [1.807, 2.05) is 6.92 Å². The van der Waals surface area contributed by atoms with Gasteiger partial charge in [0.2, 0.25) is 0 Å². The first-order chi connectivity index (χ1) is 8.49. The first kappa shape index (κ1) is 12.4. The number of rotatable bonds is 2. The van der Waals surface area contributed by atoms with E-state index in [9.17, 15) is 4.79 Å². The molecule has 6 heteroatoms. The molecule has 0 aliphatic carbocycles. The minimum absolute atomic E-state index is 0.256. The van der Waals surface area contributed by atoms with Crippen molar-refractivity contribution < 1.29 is 4.79 Å². The minimum Gasteiger partial charge on any atom is -0.399 e. The number of amides is 1. The van der Waals surface area contributed by atoms with Crippen LogP contribution in [0.25, 0.3) is 0 Å². The molecule has 1 heterocycles. The molecule has 1 amide bonds. The van der Waals surface area contributed by atoms with Gasteiger partial charge in [-0.15, -0.1) is 0 Å². The summed E-state index contributed by atoms with van der Waals surface area (Å²) in [6.45, 7) is 1.82. The summed E-state index contributed by atoms with van der Waals surface area (Å²) in [6, 6.07) is 4.93. The normalized spacial score (nSPS) is 10.4. The number of nitrogens with two attached hydrogens (primary N) is 1. The lowest BCUT2D eigenvalue weighted by atomic mass is 10.2. The van der Waals surface area contributed by atoms with Crippen LogP contribution in [0.1, 0.15) is 16.1 Å². The quantitative estimate of drug-likeness (QED) is 0.817. The van der Waals surface area contributed by atoms with Crippen LogP contribution in [-0.2, 0) is 7.05 Å². The lowest BCUT2D eigenvalue weighted by molar-refractivity contribution is 0.102. The van der Waals surface area contributed by atoms with Crippen LogP contribution in [0, 0.1) is 6.92 Å². The Morgan fingerprint density at radius 3 is 2.83 bits per heavy atom. The number of nitrogens with zero attached hydrogens (tertiary/aromatic N) is 2. The fraction of sp³-hybridized carbons (Fsp3) is 0.167. The zero-order valence-corrected chi connectivity index (χ0v) is 10.8. The molecule has 5 nitrogen and oxygen atoms in total. The van der Waals surface area contributed by atoms with Crippen molar-refractivity contribution in [1.29, 1.82) is 0 Å². The Balaban J connectivity index is 2.27. The summed E-state index contributed by atoms with van der Waals surface area (Å²) in [5, 5.41) is 7.18. The van der Waals surface area contributed by atoms with E-state index in [1.165, 1.54) is 6.20 Å². The average Bonchev–Trinajstić information content (AvgIpc) is 2.65. The highest BCUT2D eigenvalue weighted by Crippen LogP contribution is 2.24. The van der Waals surface area contributed by atoms with Gasteiger partial charge >= 0.3 is 0 Å². The van der Waals surface area contributed by atoms with E-state index < -0.39 is 0 Å². The SMILES string of the molecule is Cc1c(C(=O)Nc2cc(N)ccc2Cl)cnn1C. The molecular formula is C12H13ClN4O. The molecule has 0 radical (unpaired) electrons. The van der Waals surface area contributed by atoms with Crippen LogP contribution in [0.5, 0.6) is 0 Å². The smallest absolute Gasteiger partial charge is 0.259 e. The molecule has 1 aromatic heterocycles. The molecule has 94 valence electrons. The Labute approximate surface area is 110 Å². The number of aryl methyl sites for hydroxylation is 1. The van der Waals surface area contributed by atoms with Crippen LogP contribution in [0.2, 0.25) is 5.02 Å². The number of nitrogens with one attached hydrogen (secondary N) is 1. The molecule has 1 aromatic carbocycles. The Kier molecular flexibility index (Phi) is 3.25. The molecule has 0 atom stereocenters. The predicted molar refractivity (Wildman–Crippen MR) is 71.8 cm³/mol. The number of aromatic nitrogens is 2. The third kappa shape index (κ3) is 2.31. The fourth-order valence-corrected chi connectivity index (χ4v) is 1.71. The van der Waals surface area contributed by atoms with Crippen molar-refractivity contribution in [2.45, 2.75) is 6.92 Å². The molecule has 2 rings (SSSR count). The Morgan fingerprint density at radius 2 is 2.22 bits per heavy atom. The van der Waals surface area contributed by atoms with Gasteiger partial charge in [-0.1, -0.05) is 11.6 Å². The highest BCUT2D eigenvalue weighted by molar-refractivity contribution is 6.34. The summed E-state index contributed by atoms with van der Waals surface area (Å²) in [4.78, 5) is 12.0. The largest absolute Gasteiger partial charge is 0.399 e. The van der Waals surface area contributed by atoms with Crippen LogP contribution >= 0.6 is 11.6 Å². The van der Waals surface area contributed by atoms with Crippen LogP contribution < -0.4 is 11.1 Å². The molecule has 3 N–H and O–H groups in total. The molecule has 18 heavy (non-hydrogen) atoms. The van der Waals surface area contributed by atoms with Gasteiger partial charge in [0.15, 0.2) is 0 Å². The maximum atomic E-state index is 12.0. The molecule has 0 spiro atoms. The molecule has 0 fully saturated rings. The minimum atomic E-state index is -0.256. The number of nitrogen functional groups attached to an aromatic ring is 1. The monoisotopic (exact) mass is 264 g/mol. The van der Waals surface area contributed by atoms with Gasteiger partial charge in [0.25, 0.3) is 5.91 Å². The fourth-order valence-electron chi connectivity index (χ4n) is 1.55. The van der Waals surface area contributed by atoms with E-state index in [1.54, 1.807) is 29.9 Å². The van der Waals surface area contributed by atoms with Crippen molar-refractivity contribution in [3.63, 3.8) is 0 Å². The van der Waals surface area contributed by atoms with Gasteiger partial charge in [-0.25, -0.2) is 0 Å². The van der Waals surface area contributed by atoms with Crippen molar-refractivity contribution in [1.82, 2.24) is 9.78 Å². The summed E-state index contributed by atoms with van der Waals surface area (Å²) < 4.78 is 1.63. The number of carbonyl (C=O) groups excluding carboxylic acids is 1. The molecular weight excluding hydrogens is 252 g/mol. The second kappa shape index (κ2) is 4.70. The van der Waals surface area contributed by atoms with Gasteiger partial charge in [-0.2, -0.15) is 5.10 Å². The maximum Gasteiger partial charge on any atom is 0.259 e. The van der Waals surface area contributed by atoms with Gasteiger partial charge in [0.05, 0.1) is 22.5 Å². The highest BCUT2D eigenvalue weighted by atomic mass is 35.5. The topological polar surface area (TPSA) is 72.9 Å². The predicted octanol–water partition coefficient (Wildman–Crippen LogP) is 2.22. The number of anilines is 2. The molecule has 2 aromatic rings. The number of halogens is 1. The lowest BCUT2D eigenvalue weighted by Gasteiger charge is -2.07. The number of hydrogen-bond donors (Lipinski definition) is 2. The third-order valence-corrected chi connectivity index (χ3v) is 3.05. The molecule has 0 aliphatic heterocycles. The summed E-state index contributed by atoms with van der Waals surface area (Å²) in [5.41, 5.74) is 7.97. The second-order valence-corrected chi connectivity index (χ2v) is 4.37. The molecule has 0 aliphatic rings. The van der Waals surface area contributed by atoms with Crippen LogP contribution in [0.15, 0.2) is 24.4 Å². The van der Waals surface area contributed by atoms with Gasteiger partial charge in [-0.3, -0.25) is 9.48 Å². The van der Waals surface area contributed by atoms with Crippen molar-refractivity contribution >= 4 is 28.9 Å². The molecule has 0 bridgehead atoms. The van der Waals surface area contributed by atoms with Crippen molar-refractivity contribution in [3.05, 3.63) is 40.7 Å². The van der Waals surface area contributed by atoms with E-state index >= 15 is 0 Å². The van der Waals surface area contributed by atoms with Crippen LogP contribution in [0.4, 0.5) is 11.4 Å². The zero-order valence-electron chi connectivity index (χ0n) is 10.1. The summed E-state index contributed by atoms with van der Waals surface area (Å²) in [6.07, 6.45) is 1.52. The van der Waals surface area contributed by atoms with Gasteiger partial charge < -0.3 is 11.1 Å². The van der Waals surface area contributed by atoms with E-state index in [4.69, 9.17) is 17.3 Å². The van der Waals surface area contributed by atoms with Crippen molar-refractivity contribution in [2.75, 3.05) is 11.1 Å². The van der Waals surface area contributed by atoms with Crippen LogP contribution in [-0.4, -0.2) is 15.7 Å². The van der Waals surface area contributed by atoms with Crippen LogP contribution in [0.3, 0.4) is 0 Å². The summed E-state index contributed by atoms with van der Waals surface area (Å²) in [5.74, 6) is -0.256. The van der Waals surface area contributed by atoms with E-state index in [0.29, 0.717) is 22.0 Å². The van der Waals surface area contributed by atoms with E-state index in [0.717, 1.165) is 5.69 Å². The Hall–Kier alpha value is -2.01. The van der Waals surface area contributed by atoms with Gasteiger partial charge in [0.1, 0.15) is 0 Å². The first-order valence-corrected chi connectivity index (χ1v) is 5.72. The molecule has 0 saturated heterocycles. The molecule has 0 saturated carbocycles. The summed E-state index contributed by atoms with van der Waals surface area (Å²) >= 11 is 5.98. The average molecular weight is 265 g/mol. The van der Waals surface area contributed by atoms with Crippen molar-refractivity contribution in [3.8, 4) is 0 Å². The van der Waals surface area contributed by atoms with Crippen molar-refractivity contribution in [2.24, 2.45) is 7.05 Å². The maximum absolute atomic E-state index is 12.0.